The number of anilines is 2. The van der Waals surface area contributed by atoms with Crippen LogP contribution in [0.4, 0.5) is 11.4 Å². The Morgan fingerprint density at radius 3 is 2.50 bits per heavy atom. The lowest BCUT2D eigenvalue weighted by Gasteiger charge is -2.30. The van der Waals surface area contributed by atoms with Crippen LogP contribution in [0.25, 0.3) is 0 Å². The summed E-state index contributed by atoms with van der Waals surface area (Å²) in [7, 11) is 0. The van der Waals surface area contributed by atoms with Gasteiger partial charge in [-0.05, 0) is 41.3 Å². The summed E-state index contributed by atoms with van der Waals surface area (Å²) in [6.07, 6.45) is 0. The standard InChI is InChI=1S/C21H26ClN3O/c1-21(2,3)16-5-4-6-17(14-16)24-20(26)15-7-8-19(18(22)13-15)25-11-9-23-10-12-25/h4-8,13-14,23H,9-12H2,1-3H3,(H,24,26). The zero-order chi connectivity index (χ0) is 18.7. The number of hydrogen-bond acceptors (Lipinski definition) is 3. The Morgan fingerprint density at radius 1 is 1.12 bits per heavy atom. The number of carbonyl (C=O) groups is 1. The van der Waals surface area contributed by atoms with Crippen LogP contribution in [0.1, 0.15) is 36.7 Å². The van der Waals surface area contributed by atoms with Crippen molar-refractivity contribution in [3.8, 4) is 0 Å². The molecule has 1 aliphatic rings. The Labute approximate surface area is 160 Å². The molecule has 4 nitrogen and oxygen atoms in total. The Kier molecular flexibility index (Phi) is 5.54. The molecule has 1 fully saturated rings. The fourth-order valence-corrected chi connectivity index (χ4v) is 3.38. The van der Waals surface area contributed by atoms with Crippen LogP contribution >= 0.6 is 11.6 Å². The van der Waals surface area contributed by atoms with Gasteiger partial charge >= 0.3 is 0 Å². The Morgan fingerprint density at radius 2 is 1.85 bits per heavy atom. The van der Waals surface area contributed by atoms with Crippen LogP contribution in [0.3, 0.4) is 0 Å². The van der Waals surface area contributed by atoms with Crippen molar-refractivity contribution in [3.05, 3.63) is 58.6 Å². The van der Waals surface area contributed by atoms with Crippen molar-refractivity contribution in [2.45, 2.75) is 26.2 Å². The maximum Gasteiger partial charge on any atom is 0.255 e. The highest BCUT2D eigenvalue weighted by Crippen LogP contribution is 2.28. The summed E-state index contributed by atoms with van der Waals surface area (Å²) in [5, 5.41) is 6.92. The number of nitrogens with one attached hydrogen (secondary N) is 2. The van der Waals surface area contributed by atoms with Gasteiger partial charge in [-0.2, -0.15) is 0 Å². The molecule has 2 N–H and O–H groups in total. The lowest BCUT2D eigenvalue weighted by Crippen LogP contribution is -2.43. The van der Waals surface area contributed by atoms with Gasteiger partial charge in [-0.25, -0.2) is 0 Å². The molecule has 26 heavy (non-hydrogen) atoms. The van der Waals surface area contributed by atoms with Crippen LogP contribution in [0.15, 0.2) is 42.5 Å². The number of carbonyl (C=O) groups excluding carboxylic acids is 1. The van der Waals surface area contributed by atoms with Crippen molar-refractivity contribution in [2.24, 2.45) is 0 Å². The topological polar surface area (TPSA) is 44.4 Å². The van der Waals surface area contributed by atoms with Gasteiger partial charge in [0.2, 0.25) is 0 Å². The number of piperazine rings is 1. The molecule has 1 saturated heterocycles. The van der Waals surface area contributed by atoms with Crippen LogP contribution < -0.4 is 15.5 Å². The summed E-state index contributed by atoms with van der Waals surface area (Å²) in [6, 6.07) is 13.5. The van der Waals surface area contributed by atoms with Gasteiger partial charge in [0.15, 0.2) is 0 Å². The lowest BCUT2D eigenvalue weighted by atomic mass is 9.87. The largest absolute Gasteiger partial charge is 0.368 e. The first-order valence-corrected chi connectivity index (χ1v) is 9.39. The van der Waals surface area contributed by atoms with E-state index in [1.54, 1.807) is 6.07 Å². The third-order valence-electron chi connectivity index (χ3n) is 4.65. The van der Waals surface area contributed by atoms with Crippen molar-refractivity contribution in [1.82, 2.24) is 5.32 Å². The van der Waals surface area contributed by atoms with E-state index in [4.69, 9.17) is 11.6 Å². The molecule has 1 heterocycles. The summed E-state index contributed by atoms with van der Waals surface area (Å²) < 4.78 is 0. The second-order valence-corrected chi connectivity index (χ2v) is 8.10. The van der Waals surface area contributed by atoms with Gasteiger partial charge < -0.3 is 15.5 Å². The maximum absolute atomic E-state index is 12.6. The molecule has 2 aromatic rings. The van der Waals surface area contributed by atoms with Crippen LogP contribution in [-0.4, -0.2) is 32.1 Å². The summed E-state index contributed by atoms with van der Waals surface area (Å²) in [5.74, 6) is -0.148. The average molecular weight is 372 g/mol. The highest BCUT2D eigenvalue weighted by molar-refractivity contribution is 6.33. The molecule has 0 saturated carbocycles. The normalized spacial score (nSPS) is 15.0. The number of nitrogens with zero attached hydrogens (tertiary/aromatic N) is 1. The lowest BCUT2D eigenvalue weighted by molar-refractivity contribution is 0.102. The molecule has 3 rings (SSSR count). The van der Waals surface area contributed by atoms with Gasteiger partial charge in [-0.3, -0.25) is 4.79 Å². The van der Waals surface area contributed by atoms with Gasteiger partial charge in [0.1, 0.15) is 0 Å². The minimum atomic E-state index is -0.148. The van der Waals surface area contributed by atoms with Crippen molar-refractivity contribution in [3.63, 3.8) is 0 Å². The Bertz CT molecular complexity index is 792. The third kappa shape index (κ3) is 4.37. The van der Waals surface area contributed by atoms with E-state index in [1.165, 1.54) is 5.56 Å². The molecule has 1 aliphatic heterocycles. The van der Waals surface area contributed by atoms with E-state index in [0.29, 0.717) is 10.6 Å². The fourth-order valence-electron chi connectivity index (χ4n) is 3.08. The van der Waals surface area contributed by atoms with Gasteiger partial charge in [0, 0.05) is 37.4 Å². The van der Waals surface area contributed by atoms with Gasteiger partial charge in [0.05, 0.1) is 10.7 Å². The molecule has 0 radical (unpaired) electrons. The van der Waals surface area contributed by atoms with Crippen molar-refractivity contribution >= 4 is 28.9 Å². The summed E-state index contributed by atoms with van der Waals surface area (Å²) >= 11 is 6.45. The number of halogens is 1. The fraction of sp³-hybridized carbons (Fsp3) is 0.381. The Hall–Kier alpha value is -2.04. The molecule has 2 aromatic carbocycles. The smallest absolute Gasteiger partial charge is 0.255 e. The molecular formula is C21H26ClN3O. The number of benzene rings is 2. The number of amides is 1. The maximum atomic E-state index is 12.6. The SMILES string of the molecule is CC(C)(C)c1cccc(NC(=O)c2ccc(N3CCNCC3)c(Cl)c2)c1. The van der Waals surface area contributed by atoms with E-state index in [2.05, 4.69) is 42.4 Å². The molecule has 0 unspecified atom stereocenters. The van der Waals surface area contributed by atoms with Crippen LogP contribution in [0.5, 0.6) is 0 Å². The predicted octanol–water partition coefficient (Wildman–Crippen LogP) is 4.30. The van der Waals surface area contributed by atoms with Gasteiger partial charge in [0.25, 0.3) is 5.91 Å². The van der Waals surface area contributed by atoms with E-state index in [1.807, 2.05) is 30.3 Å². The minimum Gasteiger partial charge on any atom is -0.368 e. The molecule has 0 bridgehead atoms. The van der Waals surface area contributed by atoms with Crippen molar-refractivity contribution < 1.29 is 4.79 Å². The van der Waals surface area contributed by atoms with E-state index in [-0.39, 0.29) is 11.3 Å². The average Bonchev–Trinajstić information content (AvgIpc) is 2.62. The zero-order valence-corrected chi connectivity index (χ0v) is 16.4. The second-order valence-electron chi connectivity index (χ2n) is 7.69. The first kappa shape index (κ1) is 18.7. The molecule has 0 aromatic heterocycles. The molecule has 1 amide bonds. The highest BCUT2D eigenvalue weighted by Gasteiger charge is 2.17. The van der Waals surface area contributed by atoms with E-state index >= 15 is 0 Å². The molecule has 0 aliphatic carbocycles. The first-order chi connectivity index (χ1) is 12.3. The van der Waals surface area contributed by atoms with E-state index in [9.17, 15) is 4.79 Å². The number of hydrogen-bond donors (Lipinski definition) is 2. The summed E-state index contributed by atoms with van der Waals surface area (Å²) in [5.41, 5.74) is 3.57. The summed E-state index contributed by atoms with van der Waals surface area (Å²) in [4.78, 5) is 14.9. The van der Waals surface area contributed by atoms with Gasteiger partial charge in [-0.1, -0.05) is 44.5 Å². The number of rotatable bonds is 3. The Balaban J connectivity index is 1.75. The molecule has 0 atom stereocenters. The molecule has 138 valence electrons. The van der Waals surface area contributed by atoms with E-state index < -0.39 is 0 Å². The molecule has 0 spiro atoms. The quantitative estimate of drug-likeness (QED) is 0.845. The molecular weight excluding hydrogens is 346 g/mol. The van der Waals surface area contributed by atoms with Crippen molar-refractivity contribution in [2.75, 3.05) is 36.4 Å². The highest BCUT2D eigenvalue weighted by atomic mass is 35.5. The molecule has 5 heteroatoms. The van der Waals surface area contributed by atoms with Gasteiger partial charge in [-0.15, -0.1) is 0 Å². The third-order valence-corrected chi connectivity index (χ3v) is 4.96. The monoisotopic (exact) mass is 371 g/mol. The second kappa shape index (κ2) is 7.68. The van der Waals surface area contributed by atoms with Crippen LogP contribution in [0, 0.1) is 0 Å². The zero-order valence-electron chi connectivity index (χ0n) is 15.6. The first-order valence-electron chi connectivity index (χ1n) is 9.02. The van der Waals surface area contributed by atoms with E-state index in [0.717, 1.165) is 37.6 Å². The van der Waals surface area contributed by atoms with Crippen molar-refractivity contribution in [1.29, 1.82) is 0 Å². The van der Waals surface area contributed by atoms with Crippen LogP contribution in [0.2, 0.25) is 5.02 Å². The van der Waals surface area contributed by atoms with Crippen LogP contribution in [-0.2, 0) is 5.41 Å². The summed E-state index contributed by atoms with van der Waals surface area (Å²) in [6.45, 7) is 10.2. The minimum absolute atomic E-state index is 0.0367. The predicted molar refractivity (Wildman–Crippen MR) is 110 cm³/mol.